The van der Waals surface area contributed by atoms with Crippen LogP contribution in [0.3, 0.4) is 0 Å². The van der Waals surface area contributed by atoms with Gasteiger partial charge in [-0.2, -0.15) is 4.31 Å². The van der Waals surface area contributed by atoms with Gasteiger partial charge in [-0.15, -0.1) is 0 Å². The van der Waals surface area contributed by atoms with Crippen LogP contribution in [0, 0.1) is 17.7 Å². The average Bonchev–Trinajstić information content (AvgIpc) is 2.63. The van der Waals surface area contributed by atoms with Gasteiger partial charge in [0.2, 0.25) is 10.0 Å². The van der Waals surface area contributed by atoms with Crippen molar-refractivity contribution in [3.63, 3.8) is 0 Å². The first-order chi connectivity index (χ1) is 13.3. The number of halogens is 1. The monoisotopic (exact) mass is 412 g/mol. The summed E-state index contributed by atoms with van der Waals surface area (Å²) in [4.78, 5) is 12.3. The first kappa shape index (κ1) is 22.8. The van der Waals surface area contributed by atoms with Crippen molar-refractivity contribution in [3.8, 4) is 0 Å². The molecule has 0 aromatic heterocycles. The quantitative estimate of drug-likeness (QED) is 0.619. The predicted octanol–water partition coefficient (Wildman–Crippen LogP) is 4.19. The van der Waals surface area contributed by atoms with Crippen LogP contribution in [-0.4, -0.2) is 38.3 Å². The number of carbonyl (C=O) groups is 1. The molecular weight excluding hydrogens is 379 g/mol. The van der Waals surface area contributed by atoms with Crippen LogP contribution in [0.5, 0.6) is 0 Å². The lowest BCUT2D eigenvalue weighted by Gasteiger charge is -2.34. The van der Waals surface area contributed by atoms with E-state index in [1.165, 1.54) is 16.4 Å². The van der Waals surface area contributed by atoms with Crippen LogP contribution in [0.2, 0.25) is 0 Å². The van der Waals surface area contributed by atoms with E-state index in [1.54, 1.807) is 0 Å². The van der Waals surface area contributed by atoms with E-state index in [0.29, 0.717) is 19.6 Å². The molecule has 1 aliphatic heterocycles. The van der Waals surface area contributed by atoms with Gasteiger partial charge in [0.25, 0.3) is 5.91 Å². The minimum atomic E-state index is -3.75. The van der Waals surface area contributed by atoms with E-state index in [2.05, 4.69) is 12.2 Å². The zero-order valence-corrected chi connectivity index (χ0v) is 18.0. The molecule has 28 heavy (non-hydrogen) atoms. The summed E-state index contributed by atoms with van der Waals surface area (Å²) >= 11 is 0. The van der Waals surface area contributed by atoms with Crippen molar-refractivity contribution < 1.29 is 17.6 Å². The Morgan fingerprint density at radius 3 is 2.43 bits per heavy atom. The standard InChI is InChI=1S/C21H33FN2O3S/c1-4-5-6-7-8-11-23-21(25)19-13-18(9-10-20(19)22)28(26,27)24-14-16(2)12-17(3)15-24/h9-10,13,16-17H,4-8,11-12,14-15H2,1-3H3,(H,23,25)/t16-,17-/m0/s1. The molecule has 1 fully saturated rings. The molecule has 1 N–H and O–H groups in total. The van der Waals surface area contributed by atoms with Crippen LogP contribution in [0.15, 0.2) is 23.1 Å². The highest BCUT2D eigenvalue weighted by atomic mass is 32.2. The van der Waals surface area contributed by atoms with Gasteiger partial charge in [0.15, 0.2) is 0 Å². The number of hydrogen-bond acceptors (Lipinski definition) is 3. The molecule has 0 saturated carbocycles. The van der Waals surface area contributed by atoms with Gasteiger partial charge in [0.1, 0.15) is 5.82 Å². The molecule has 2 rings (SSSR count). The van der Waals surface area contributed by atoms with Crippen molar-refractivity contribution in [2.24, 2.45) is 11.8 Å². The third-order valence-electron chi connectivity index (χ3n) is 5.22. The molecule has 158 valence electrons. The zero-order chi connectivity index (χ0) is 20.7. The highest BCUT2D eigenvalue weighted by Gasteiger charge is 2.32. The van der Waals surface area contributed by atoms with Crippen molar-refractivity contribution in [2.45, 2.75) is 64.2 Å². The molecule has 0 spiro atoms. The number of carbonyl (C=O) groups excluding carboxylic acids is 1. The van der Waals surface area contributed by atoms with Crippen LogP contribution in [0.1, 0.15) is 69.7 Å². The van der Waals surface area contributed by atoms with Gasteiger partial charge in [-0.05, 0) is 42.9 Å². The second kappa shape index (κ2) is 10.3. The van der Waals surface area contributed by atoms with E-state index < -0.39 is 21.7 Å². The summed E-state index contributed by atoms with van der Waals surface area (Å²) in [6.45, 7) is 7.55. The summed E-state index contributed by atoms with van der Waals surface area (Å²) in [5.74, 6) is -0.725. The first-order valence-corrected chi connectivity index (χ1v) is 11.8. The van der Waals surface area contributed by atoms with Gasteiger partial charge < -0.3 is 5.32 Å². The fourth-order valence-corrected chi connectivity index (χ4v) is 5.52. The number of nitrogens with one attached hydrogen (secondary N) is 1. The Hall–Kier alpha value is -1.47. The van der Waals surface area contributed by atoms with Gasteiger partial charge in [-0.25, -0.2) is 12.8 Å². The number of unbranched alkanes of at least 4 members (excludes halogenated alkanes) is 4. The van der Waals surface area contributed by atoms with Crippen LogP contribution in [0.25, 0.3) is 0 Å². The summed E-state index contributed by atoms with van der Waals surface area (Å²) in [7, 11) is -3.75. The van der Waals surface area contributed by atoms with Gasteiger partial charge in [-0.1, -0.05) is 46.5 Å². The summed E-state index contributed by atoms with van der Waals surface area (Å²) < 4.78 is 41.6. The van der Waals surface area contributed by atoms with E-state index in [0.717, 1.165) is 44.6 Å². The summed E-state index contributed by atoms with van der Waals surface area (Å²) in [5, 5.41) is 2.70. The molecular formula is C21H33FN2O3S. The van der Waals surface area contributed by atoms with Crippen LogP contribution in [-0.2, 0) is 10.0 Å². The van der Waals surface area contributed by atoms with E-state index >= 15 is 0 Å². The van der Waals surface area contributed by atoms with E-state index in [-0.39, 0.29) is 22.3 Å². The SMILES string of the molecule is CCCCCCCNC(=O)c1cc(S(=O)(=O)N2C[C@@H](C)C[C@H](C)C2)ccc1F. The smallest absolute Gasteiger partial charge is 0.254 e. The topological polar surface area (TPSA) is 66.5 Å². The Morgan fingerprint density at radius 1 is 1.14 bits per heavy atom. The third kappa shape index (κ3) is 6.01. The lowest BCUT2D eigenvalue weighted by atomic mass is 9.94. The Bertz CT molecular complexity index is 757. The molecule has 1 aliphatic rings. The highest BCUT2D eigenvalue weighted by molar-refractivity contribution is 7.89. The van der Waals surface area contributed by atoms with E-state index in [4.69, 9.17) is 0 Å². The molecule has 0 bridgehead atoms. The fourth-order valence-electron chi connectivity index (χ4n) is 3.82. The van der Waals surface area contributed by atoms with Crippen LogP contribution >= 0.6 is 0 Å². The van der Waals surface area contributed by atoms with Crippen molar-refractivity contribution >= 4 is 15.9 Å². The molecule has 0 unspecified atom stereocenters. The van der Waals surface area contributed by atoms with Gasteiger partial charge >= 0.3 is 0 Å². The minimum Gasteiger partial charge on any atom is -0.352 e. The molecule has 1 amide bonds. The number of hydrogen-bond donors (Lipinski definition) is 1. The van der Waals surface area contributed by atoms with Gasteiger partial charge in [0, 0.05) is 19.6 Å². The Balaban J connectivity index is 2.08. The predicted molar refractivity (Wildman–Crippen MR) is 109 cm³/mol. The second-order valence-corrected chi connectivity index (χ2v) is 10.0. The molecule has 0 radical (unpaired) electrons. The van der Waals surface area contributed by atoms with E-state index in [1.807, 2.05) is 13.8 Å². The number of piperidine rings is 1. The number of amides is 1. The van der Waals surface area contributed by atoms with Gasteiger partial charge in [0.05, 0.1) is 10.5 Å². The molecule has 2 atom stereocenters. The molecule has 0 aliphatic carbocycles. The minimum absolute atomic E-state index is 0.0247. The molecule has 1 aromatic carbocycles. The Labute approximate surface area is 168 Å². The number of rotatable bonds is 9. The molecule has 1 heterocycles. The molecule has 1 saturated heterocycles. The van der Waals surface area contributed by atoms with Gasteiger partial charge in [-0.3, -0.25) is 4.79 Å². The third-order valence-corrected chi connectivity index (χ3v) is 7.05. The van der Waals surface area contributed by atoms with Crippen LogP contribution in [0.4, 0.5) is 4.39 Å². The lowest BCUT2D eigenvalue weighted by molar-refractivity contribution is 0.0948. The molecule has 5 nitrogen and oxygen atoms in total. The summed E-state index contributed by atoms with van der Waals surface area (Å²) in [5.41, 5.74) is -0.215. The Kier molecular flexibility index (Phi) is 8.43. The summed E-state index contributed by atoms with van der Waals surface area (Å²) in [6.07, 6.45) is 6.25. The van der Waals surface area contributed by atoms with Crippen molar-refractivity contribution in [1.29, 1.82) is 0 Å². The first-order valence-electron chi connectivity index (χ1n) is 10.3. The fraction of sp³-hybridized carbons (Fsp3) is 0.667. The van der Waals surface area contributed by atoms with E-state index in [9.17, 15) is 17.6 Å². The van der Waals surface area contributed by atoms with Crippen LogP contribution < -0.4 is 5.32 Å². The highest BCUT2D eigenvalue weighted by Crippen LogP contribution is 2.27. The van der Waals surface area contributed by atoms with Crippen molar-refractivity contribution in [3.05, 3.63) is 29.6 Å². The zero-order valence-electron chi connectivity index (χ0n) is 17.2. The number of benzene rings is 1. The maximum absolute atomic E-state index is 14.2. The van der Waals surface area contributed by atoms with Crippen molar-refractivity contribution in [2.75, 3.05) is 19.6 Å². The number of nitrogens with zero attached hydrogens (tertiary/aromatic N) is 1. The Morgan fingerprint density at radius 2 is 1.79 bits per heavy atom. The maximum atomic E-state index is 14.2. The summed E-state index contributed by atoms with van der Waals surface area (Å²) in [6, 6.07) is 3.48. The molecule has 1 aromatic rings. The normalized spacial score (nSPS) is 20.9. The maximum Gasteiger partial charge on any atom is 0.254 e. The van der Waals surface area contributed by atoms with Crippen molar-refractivity contribution in [1.82, 2.24) is 9.62 Å². The molecule has 7 heteroatoms. The average molecular weight is 413 g/mol. The second-order valence-electron chi connectivity index (χ2n) is 8.08. The largest absolute Gasteiger partial charge is 0.352 e. The lowest BCUT2D eigenvalue weighted by Crippen LogP contribution is -2.42. The number of sulfonamides is 1.